The van der Waals surface area contributed by atoms with Crippen LogP contribution in [0.3, 0.4) is 0 Å². The smallest absolute Gasteiger partial charge is 0.407 e. The van der Waals surface area contributed by atoms with Crippen LogP contribution in [0.4, 0.5) is 4.79 Å². The summed E-state index contributed by atoms with van der Waals surface area (Å²) >= 11 is 0. The molecule has 0 heterocycles. The van der Waals surface area contributed by atoms with Gasteiger partial charge in [-0.05, 0) is 32.8 Å². The molecule has 0 saturated heterocycles. The lowest BCUT2D eigenvalue weighted by Gasteiger charge is -2.20. The molecule has 4 nitrogen and oxygen atoms in total. The third kappa shape index (κ3) is 3.70. The van der Waals surface area contributed by atoms with Crippen molar-refractivity contribution in [3.05, 3.63) is 35.9 Å². The van der Waals surface area contributed by atoms with Crippen LogP contribution in [0.5, 0.6) is 0 Å². The SMILES string of the molecule is CC(C)(C)OC(=O)NCC1(O)CC1c1ccccc1. The van der Waals surface area contributed by atoms with Gasteiger partial charge in [-0.3, -0.25) is 0 Å². The average molecular weight is 263 g/mol. The highest BCUT2D eigenvalue weighted by Crippen LogP contribution is 2.50. The number of carbonyl (C=O) groups is 1. The lowest BCUT2D eigenvalue weighted by Crippen LogP contribution is -2.38. The first kappa shape index (κ1) is 13.9. The van der Waals surface area contributed by atoms with Gasteiger partial charge in [0.2, 0.25) is 0 Å². The minimum absolute atomic E-state index is 0.101. The molecule has 1 saturated carbocycles. The molecule has 4 heteroatoms. The molecule has 2 rings (SSSR count). The van der Waals surface area contributed by atoms with Gasteiger partial charge in [-0.15, -0.1) is 0 Å². The van der Waals surface area contributed by atoms with Gasteiger partial charge in [0.15, 0.2) is 0 Å². The van der Waals surface area contributed by atoms with Crippen LogP contribution >= 0.6 is 0 Å². The zero-order valence-corrected chi connectivity index (χ0v) is 11.6. The molecular weight excluding hydrogens is 242 g/mol. The number of ether oxygens (including phenoxy) is 1. The molecule has 0 aliphatic heterocycles. The largest absolute Gasteiger partial charge is 0.444 e. The number of hydrogen-bond acceptors (Lipinski definition) is 3. The molecule has 1 aromatic carbocycles. The summed E-state index contributed by atoms with van der Waals surface area (Å²) in [6.07, 6.45) is 0.187. The van der Waals surface area contributed by atoms with Crippen LogP contribution in [0.15, 0.2) is 30.3 Å². The van der Waals surface area contributed by atoms with E-state index in [-0.39, 0.29) is 12.5 Å². The Kier molecular flexibility index (Phi) is 3.54. The van der Waals surface area contributed by atoms with Crippen molar-refractivity contribution in [3.8, 4) is 0 Å². The quantitative estimate of drug-likeness (QED) is 0.880. The molecule has 1 aliphatic rings. The number of nitrogens with one attached hydrogen (secondary N) is 1. The second-order valence-electron chi connectivity index (χ2n) is 6.13. The maximum atomic E-state index is 11.5. The maximum absolute atomic E-state index is 11.5. The van der Waals surface area contributed by atoms with E-state index < -0.39 is 17.3 Å². The fourth-order valence-electron chi connectivity index (χ4n) is 2.14. The summed E-state index contributed by atoms with van der Waals surface area (Å²) in [5.74, 6) is 0.101. The molecule has 19 heavy (non-hydrogen) atoms. The molecular formula is C15H21NO3. The van der Waals surface area contributed by atoms with E-state index in [1.807, 2.05) is 51.1 Å². The molecule has 2 N–H and O–H groups in total. The van der Waals surface area contributed by atoms with Crippen LogP contribution in [0, 0.1) is 0 Å². The lowest BCUT2D eigenvalue weighted by atomic mass is 10.1. The summed E-state index contributed by atoms with van der Waals surface area (Å²) in [7, 11) is 0. The molecule has 0 spiro atoms. The topological polar surface area (TPSA) is 58.6 Å². The zero-order chi connectivity index (χ0) is 14.1. The Hall–Kier alpha value is -1.55. The standard InChI is InChI=1S/C15H21NO3/c1-14(2,3)19-13(17)16-10-15(18)9-12(15)11-7-5-4-6-8-11/h4-8,12,18H,9-10H2,1-3H3,(H,16,17). The van der Waals surface area contributed by atoms with E-state index in [0.29, 0.717) is 6.42 Å². The third-order valence-corrected chi connectivity index (χ3v) is 3.19. The van der Waals surface area contributed by atoms with Crippen LogP contribution in [0.2, 0.25) is 0 Å². The first-order valence-electron chi connectivity index (χ1n) is 6.54. The predicted octanol–water partition coefficient (Wildman–Crippen LogP) is 2.43. The van der Waals surface area contributed by atoms with Crippen molar-refractivity contribution in [2.24, 2.45) is 0 Å². The van der Waals surface area contributed by atoms with Crippen molar-refractivity contribution in [2.45, 2.75) is 44.3 Å². The number of aliphatic hydroxyl groups is 1. The van der Waals surface area contributed by atoms with Gasteiger partial charge < -0.3 is 15.2 Å². The highest BCUT2D eigenvalue weighted by Gasteiger charge is 2.53. The summed E-state index contributed by atoms with van der Waals surface area (Å²) < 4.78 is 5.14. The molecule has 2 unspecified atom stereocenters. The van der Waals surface area contributed by atoms with Gasteiger partial charge in [-0.1, -0.05) is 30.3 Å². The summed E-state index contributed by atoms with van der Waals surface area (Å²) in [5, 5.41) is 12.9. The highest BCUT2D eigenvalue weighted by molar-refractivity contribution is 5.68. The number of carbonyl (C=O) groups excluding carboxylic acids is 1. The van der Waals surface area contributed by atoms with Crippen molar-refractivity contribution < 1.29 is 14.6 Å². The average Bonchev–Trinajstić information content (AvgIpc) is 2.99. The lowest BCUT2D eigenvalue weighted by molar-refractivity contribution is 0.0474. The van der Waals surface area contributed by atoms with Gasteiger partial charge in [0, 0.05) is 5.92 Å². The Labute approximate surface area is 113 Å². The number of alkyl carbamates (subject to hydrolysis) is 1. The predicted molar refractivity (Wildman–Crippen MR) is 73.0 cm³/mol. The Morgan fingerprint density at radius 3 is 2.63 bits per heavy atom. The summed E-state index contributed by atoms with van der Waals surface area (Å²) in [6, 6.07) is 9.85. The van der Waals surface area contributed by atoms with Crippen LogP contribution in [0.1, 0.15) is 38.7 Å². The minimum atomic E-state index is -0.835. The number of rotatable bonds is 3. The molecule has 0 aromatic heterocycles. The summed E-state index contributed by atoms with van der Waals surface area (Å²) in [5.41, 5.74) is -0.246. The van der Waals surface area contributed by atoms with E-state index in [9.17, 15) is 9.90 Å². The maximum Gasteiger partial charge on any atom is 0.407 e. The van der Waals surface area contributed by atoms with E-state index in [1.54, 1.807) is 0 Å². The van der Waals surface area contributed by atoms with Gasteiger partial charge in [-0.25, -0.2) is 4.79 Å². The Morgan fingerprint density at radius 2 is 2.05 bits per heavy atom. The van der Waals surface area contributed by atoms with Crippen LogP contribution in [-0.4, -0.2) is 28.9 Å². The van der Waals surface area contributed by atoms with Crippen LogP contribution in [0.25, 0.3) is 0 Å². The normalized spacial score (nSPS) is 25.8. The van der Waals surface area contributed by atoms with E-state index in [1.165, 1.54) is 0 Å². The van der Waals surface area contributed by atoms with Gasteiger partial charge in [0.25, 0.3) is 0 Å². The van der Waals surface area contributed by atoms with Gasteiger partial charge in [0.05, 0.1) is 12.1 Å². The van der Waals surface area contributed by atoms with E-state index in [4.69, 9.17) is 4.74 Å². The van der Waals surface area contributed by atoms with Gasteiger partial charge in [-0.2, -0.15) is 0 Å². The molecule has 1 fully saturated rings. The molecule has 0 radical (unpaired) electrons. The van der Waals surface area contributed by atoms with E-state index >= 15 is 0 Å². The van der Waals surface area contributed by atoms with Crippen molar-refractivity contribution >= 4 is 6.09 Å². The molecule has 2 atom stereocenters. The highest BCUT2D eigenvalue weighted by atomic mass is 16.6. The van der Waals surface area contributed by atoms with E-state index in [2.05, 4.69) is 5.32 Å². The van der Waals surface area contributed by atoms with Crippen LogP contribution < -0.4 is 5.32 Å². The first-order chi connectivity index (χ1) is 8.80. The number of amides is 1. The summed E-state index contributed by atoms with van der Waals surface area (Å²) in [6.45, 7) is 5.66. The molecule has 1 amide bonds. The fraction of sp³-hybridized carbons (Fsp3) is 0.533. The first-order valence-corrected chi connectivity index (χ1v) is 6.54. The molecule has 1 aromatic rings. The summed E-state index contributed by atoms with van der Waals surface area (Å²) in [4.78, 5) is 11.5. The van der Waals surface area contributed by atoms with Crippen LogP contribution in [-0.2, 0) is 4.74 Å². The third-order valence-electron chi connectivity index (χ3n) is 3.19. The molecule has 104 valence electrons. The molecule has 0 bridgehead atoms. The van der Waals surface area contributed by atoms with E-state index in [0.717, 1.165) is 5.56 Å². The van der Waals surface area contributed by atoms with Crippen molar-refractivity contribution in [2.75, 3.05) is 6.54 Å². The zero-order valence-electron chi connectivity index (χ0n) is 11.6. The monoisotopic (exact) mass is 263 g/mol. The van der Waals surface area contributed by atoms with Crippen molar-refractivity contribution in [3.63, 3.8) is 0 Å². The van der Waals surface area contributed by atoms with Crippen molar-refractivity contribution in [1.29, 1.82) is 0 Å². The van der Waals surface area contributed by atoms with Gasteiger partial charge in [0.1, 0.15) is 5.60 Å². The van der Waals surface area contributed by atoms with Crippen molar-refractivity contribution in [1.82, 2.24) is 5.32 Å². The second-order valence-corrected chi connectivity index (χ2v) is 6.13. The Balaban J connectivity index is 1.84. The Morgan fingerprint density at radius 1 is 1.42 bits per heavy atom. The second kappa shape index (κ2) is 4.85. The Bertz CT molecular complexity index is 452. The minimum Gasteiger partial charge on any atom is -0.444 e. The molecule has 1 aliphatic carbocycles. The number of benzene rings is 1. The fourth-order valence-corrected chi connectivity index (χ4v) is 2.14. The number of hydrogen-bond donors (Lipinski definition) is 2. The van der Waals surface area contributed by atoms with Gasteiger partial charge >= 0.3 is 6.09 Å².